The van der Waals surface area contributed by atoms with Crippen molar-refractivity contribution in [3.05, 3.63) is 65.8 Å². The van der Waals surface area contributed by atoms with Crippen LogP contribution in [0, 0.1) is 0 Å². The van der Waals surface area contributed by atoms with Gasteiger partial charge < -0.3 is 15.1 Å². The number of nitrogens with zero attached hydrogens (tertiary/aromatic N) is 4. The first-order valence-corrected chi connectivity index (χ1v) is 9.63. The van der Waals surface area contributed by atoms with Crippen LogP contribution in [-0.2, 0) is 13.1 Å². The molecule has 4 rings (SSSR count). The zero-order valence-corrected chi connectivity index (χ0v) is 18.5. The molecule has 0 bridgehead atoms. The van der Waals surface area contributed by atoms with Crippen molar-refractivity contribution >= 4 is 46.2 Å². The van der Waals surface area contributed by atoms with Crippen molar-refractivity contribution in [3.63, 3.8) is 0 Å². The molecule has 0 saturated heterocycles. The molecule has 0 saturated carbocycles. The zero-order chi connectivity index (χ0) is 18.5. The second-order valence-corrected chi connectivity index (χ2v) is 6.76. The first-order chi connectivity index (χ1) is 13.3. The van der Waals surface area contributed by atoms with Crippen molar-refractivity contribution in [2.75, 3.05) is 6.54 Å². The smallest absolute Gasteiger partial charge is 0.226 e. The van der Waals surface area contributed by atoms with Crippen LogP contribution in [0.15, 0.2) is 63.8 Å². The molecule has 9 heteroatoms. The summed E-state index contributed by atoms with van der Waals surface area (Å²) in [4.78, 5) is 14.7. The van der Waals surface area contributed by atoms with Crippen LogP contribution in [0.5, 0.6) is 0 Å². The lowest BCUT2D eigenvalue weighted by atomic mass is 10.2. The molecule has 0 unspecified atom stereocenters. The minimum Gasteiger partial charge on any atom is -0.444 e. The summed E-state index contributed by atoms with van der Waals surface area (Å²) < 4.78 is 7.58. The Labute approximate surface area is 184 Å². The lowest BCUT2D eigenvalue weighted by molar-refractivity contribution is 0.572. The normalized spacial score (nSPS) is 11.4. The lowest BCUT2D eigenvalue weighted by Gasteiger charge is -2.09. The summed E-state index contributed by atoms with van der Waals surface area (Å²) in [5.41, 5.74) is 2.71. The molecule has 28 heavy (non-hydrogen) atoms. The van der Waals surface area contributed by atoms with E-state index in [1.54, 1.807) is 17.6 Å². The summed E-state index contributed by atoms with van der Waals surface area (Å²) in [5.74, 6) is 1.33. The van der Waals surface area contributed by atoms with Gasteiger partial charge in [-0.2, -0.15) is 0 Å². The van der Waals surface area contributed by atoms with E-state index in [1.807, 2.05) is 59.4 Å². The molecule has 146 valence electrons. The van der Waals surface area contributed by atoms with Crippen molar-refractivity contribution in [2.45, 2.75) is 20.0 Å². The number of hydrogen-bond acceptors (Lipinski definition) is 5. The summed E-state index contributed by atoms with van der Waals surface area (Å²) in [7, 11) is 0. The Hall–Kier alpha value is -2.40. The second kappa shape index (κ2) is 9.69. The Bertz CT molecular complexity index is 1010. The number of benzene rings is 1. The number of hydrogen-bond donors (Lipinski definition) is 2. The fourth-order valence-corrected chi connectivity index (χ4v) is 3.35. The SMILES string of the molecule is CCNC(=NCc1coc(-c2ccccc2)n1)NCc1cn2ccsc2n1.I. The number of imidazole rings is 1. The molecule has 2 N–H and O–H groups in total. The van der Waals surface area contributed by atoms with Crippen LogP contribution in [-0.4, -0.2) is 26.9 Å². The highest BCUT2D eigenvalue weighted by Crippen LogP contribution is 2.18. The van der Waals surface area contributed by atoms with Crippen LogP contribution < -0.4 is 10.6 Å². The molecule has 3 aromatic heterocycles. The number of fused-ring (bicyclic) bond motifs is 1. The van der Waals surface area contributed by atoms with Gasteiger partial charge in [0.25, 0.3) is 0 Å². The van der Waals surface area contributed by atoms with Crippen LogP contribution in [0.2, 0.25) is 0 Å². The van der Waals surface area contributed by atoms with Crippen molar-refractivity contribution in [3.8, 4) is 11.5 Å². The summed E-state index contributed by atoms with van der Waals surface area (Å²) >= 11 is 1.62. The van der Waals surface area contributed by atoms with Gasteiger partial charge in [0.1, 0.15) is 12.0 Å². The molecule has 0 aliphatic heterocycles. The highest BCUT2D eigenvalue weighted by atomic mass is 127. The summed E-state index contributed by atoms with van der Waals surface area (Å²) in [6, 6.07) is 9.84. The number of thiazole rings is 1. The highest BCUT2D eigenvalue weighted by Gasteiger charge is 2.07. The van der Waals surface area contributed by atoms with Gasteiger partial charge in [-0.05, 0) is 19.1 Å². The molecule has 4 aromatic rings. The fraction of sp³-hybridized carbons (Fsp3) is 0.211. The summed E-state index contributed by atoms with van der Waals surface area (Å²) in [6.45, 7) is 3.85. The first-order valence-electron chi connectivity index (χ1n) is 8.75. The van der Waals surface area contributed by atoms with Crippen molar-refractivity contribution in [1.29, 1.82) is 0 Å². The predicted molar refractivity (Wildman–Crippen MR) is 122 cm³/mol. The Morgan fingerprint density at radius 3 is 2.82 bits per heavy atom. The number of aliphatic imine (C=N–C) groups is 1. The third-order valence-electron chi connectivity index (χ3n) is 3.90. The van der Waals surface area contributed by atoms with E-state index >= 15 is 0 Å². The molecular formula is C19H21IN6OS. The number of rotatable bonds is 6. The van der Waals surface area contributed by atoms with E-state index in [2.05, 4.69) is 25.6 Å². The van der Waals surface area contributed by atoms with E-state index in [-0.39, 0.29) is 24.0 Å². The first kappa shape index (κ1) is 20.3. The summed E-state index contributed by atoms with van der Waals surface area (Å²) in [6.07, 6.45) is 5.68. The van der Waals surface area contributed by atoms with E-state index < -0.39 is 0 Å². The third-order valence-corrected chi connectivity index (χ3v) is 4.67. The number of halogens is 1. The van der Waals surface area contributed by atoms with E-state index in [1.165, 1.54) is 0 Å². The zero-order valence-electron chi connectivity index (χ0n) is 15.3. The molecule has 0 atom stereocenters. The van der Waals surface area contributed by atoms with Gasteiger partial charge in [-0.3, -0.25) is 4.40 Å². The van der Waals surface area contributed by atoms with Gasteiger partial charge in [-0.25, -0.2) is 15.0 Å². The largest absolute Gasteiger partial charge is 0.444 e. The van der Waals surface area contributed by atoms with E-state index in [4.69, 9.17) is 4.42 Å². The van der Waals surface area contributed by atoms with Gasteiger partial charge in [0, 0.05) is 29.9 Å². The van der Waals surface area contributed by atoms with Crippen LogP contribution >= 0.6 is 35.3 Å². The molecule has 7 nitrogen and oxygen atoms in total. The highest BCUT2D eigenvalue weighted by molar-refractivity contribution is 14.0. The maximum absolute atomic E-state index is 5.56. The Morgan fingerprint density at radius 2 is 2.04 bits per heavy atom. The molecule has 0 aliphatic carbocycles. The molecule has 0 spiro atoms. The van der Waals surface area contributed by atoms with Gasteiger partial charge in [0.15, 0.2) is 10.9 Å². The van der Waals surface area contributed by atoms with Crippen LogP contribution in [0.4, 0.5) is 0 Å². The van der Waals surface area contributed by atoms with Crippen LogP contribution in [0.25, 0.3) is 16.4 Å². The molecular weight excluding hydrogens is 487 g/mol. The van der Waals surface area contributed by atoms with Crippen LogP contribution in [0.1, 0.15) is 18.3 Å². The number of guanidine groups is 1. The van der Waals surface area contributed by atoms with Crippen molar-refractivity contribution in [2.24, 2.45) is 4.99 Å². The molecule has 1 aromatic carbocycles. The van der Waals surface area contributed by atoms with E-state index in [0.717, 1.165) is 34.4 Å². The van der Waals surface area contributed by atoms with Gasteiger partial charge >= 0.3 is 0 Å². The predicted octanol–water partition coefficient (Wildman–Crippen LogP) is 3.92. The summed E-state index contributed by atoms with van der Waals surface area (Å²) in [5, 5.41) is 8.56. The quantitative estimate of drug-likeness (QED) is 0.235. The van der Waals surface area contributed by atoms with Crippen molar-refractivity contribution < 1.29 is 4.42 Å². The minimum atomic E-state index is 0. The van der Waals surface area contributed by atoms with Crippen molar-refractivity contribution in [1.82, 2.24) is 25.0 Å². The monoisotopic (exact) mass is 508 g/mol. The third kappa shape index (κ3) is 4.90. The van der Waals surface area contributed by atoms with Gasteiger partial charge in [-0.15, -0.1) is 35.3 Å². The lowest BCUT2D eigenvalue weighted by Crippen LogP contribution is -2.36. The topological polar surface area (TPSA) is 79.8 Å². The molecule has 3 heterocycles. The number of oxazole rings is 1. The van der Waals surface area contributed by atoms with E-state index in [0.29, 0.717) is 19.0 Å². The minimum absolute atomic E-state index is 0. The van der Waals surface area contributed by atoms with E-state index in [9.17, 15) is 0 Å². The Morgan fingerprint density at radius 1 is 1.18 bits per heavy atom. The van der Waals surface area contributed by atoms with Gasteiger partial charge in [-0.1, -0.05) is 18.2 Å². The average Bonchev–Trinajstić information content (AvgIpc) is 3.41. The number of aromatic nitrogens is 3. The second-order valence-electron chi connectivity index (χ2n) is 5.88. The molecule has 0 fully saturated rings. The van der Waals surface area contributed by atoms with Crippen LogP contribution in [0.3, 0.4) is 0 Å². The maximum atomic E-state index is 5.56. The van der Waals surface area contributed by atoms with Gasteiger partial charge in [0.2, 0.25) is 5.89 Å². The Balaban J connectivity index is 0.00000225. The molecule has 0 amide bonds. The fourth-order valence-electron chi connectivity index (χ4n) is 2.63. The molecule has 0 aliphatic rings. The maximum Gasteiger partial charge on any atom is 0.226 e. The number of nitrogens with one attached hydrogen (secondary N) is 2. The molecule has 0 radical (unpaired) electrons. The average molecular weight is 508 g/mol. The standard InChI is InChI=1S/C19H20N6OS.HI/c1-2-20-18(21-10-15-12-25-8-9-27-19(25)24-15)22-11-16-13-26-17(23-16)14-6-4-3-5-7-14;/h3-9,12-13H,2,10-11H2,1H3,(H2,20,21,22);1H. The van der Waals surface area contributed by atoms with Gasteiger partial charge in [0.05, 0.1) is 18.8 Å². The Kier molecular flexibility index (Phi) is 7.04.